The van der Waals surface area contributed by atoms with Crippen LogP contribution >= 0.6 is 0 Å². The Morgan fingerprint density at radius 2 is 1.90 bits per heavy atom. The van der Waals surface area contributed by atoms with Crippen LogP contribution in [0.15, 0.2) is 17.0 Å². The number of hydrogen-bond donors (Lipinski definition) is 1. The molecule has 1 N–H and O–H groups in total. The van der Waals surface area contributed by atoms with Gasteiger partial charge in [-0.05, 0) is 71.0 Å². The Bertz CT molecular complexity index is 834. The average molecular weight is 456 g/mol. The molecule has 2 unspecified atom stereocenters. The highest BCUT2D eigenvalue weighted by molar-refractivity contribution is 7.89. The molecule has 0 bridgehead atoms. The van der Waals surface area contributed by atoms with Crippen molar-refractivity contribution in [2.24, 2.45) is 0 Å². The number of nitrogens with zero attached hydrogens (tertiary/aromatic N) is 2. The maximum atomic E-state index is 13.6. The average Bonchev–Trinajstić information content (AvgIpc) is 2.70. The second-order valence-electron chi connectivity index (χ2n) is 8.43. The van der Waals surface area contributed by atoms with Gasteiger partial charge >= 0.3 is 0 Å². The van der Waals surface area contributed by atoms with Gasteiger partial charge in [-0.3, -0.25) is 4.79 Å². The number of carbonyl (C=O) groups excluding carboxylic acids is 1. The third-order valence-electron chi connectivity index (χ3n) is 5.58. The normalized spacial score (nSPS) is 18.7. The lowest BCUT2D eigenvalue weighted by Crippen LogP contribution is -2.47. The lowest BCUT2D eigenvalue weighted by Gasteiger charge is -2.35. The van der Waals surface area contributed by atoms with E-state index in [-0.39, 0.29) is 18.6 Å². The number of benzene rings is 1. The van der Waals surface area contributed by atoms with Crippen molar-refractivity contribution in [2.45, 2.75) is 57.1 Å². The summed E-state index contributed by atoms with van der Waals surface area (Å²) in [6, 6.07) is 3.20. The molecule has 1 amide bonds. The Hall–Kier alpha value is -1.68. The van der Waals surface area contributed by atoms with Gasteiger partial charge in [0.05, 0.1) is 18.6 Å². The highest BCUT2D eigenvalue weighted by atomic mass is 32.2. The molecular weight excluding hydrogens is 418 g/mol. The Balaban J connectivity index is 2.11. The molecule has 176 valence electrons. The molecule has 0 saturated carbocycles. The van der Waals surface area contributed by atoms with Gasteiger partial charge in [0, 0.05) is 25.7 Å². The van der Waals surface area contributed by atoms with Crippen molar-refractivity contribution in [1.82, 2.24) is 14.5 Å². The van der Waals surface area contributed by atoms with Gasteiger partial charge in [-0.25, -0.2) is 8.42 Å². The third-order valence-corrected chi connectivity index (χ3v) is 7.83. The fourth-order valence-electron chi connectivity index (χ4n) is 3.89. The SMILES string of the molecule is COc1cc(C)c(S(=O)(=O)N2CCCCC2COC(C)C(=O)NCCN(C)C)c(C)c1. The van der Waals surface area contributed by atoms with Gasteiger partial charge in [-0.2, -0.15) is 4.31 Å². The molecule has 2 rings (SSSR count). The van der Waals surface area contributed by atoms with Crippen LogP contribution in [0.25, 0.3) is 0 Å². The number of aryl methyl sites for hydroxylation is 2. The quantitative estimate of drug-likeness (QED) is 0.580. The van der Waals surface area contributed by atoms with Crippen LogP contribution in [-0.2, 0) is 19.6 Å². The van der Waals surface area contributed by atoms with Gasteiger partial charge in [-0.1, -0.05) is 6.42 Å². The van der Waals surface area contributed by atoms with Gasteiger partial charge < -0.3 is 19.7 Å². The molecule has 1 saturated heterocycles. The largest absolute Gasteiger partial charge is 0.497 e. The number of ether oxygens (including phenoxy) is 2. The van der Waals surface area contributed by atoms with Crippen molar-refractivity contribution in [3.8, 4) is 5.75 Å². The van der Waals surface area contributed by atoms with Crippen LogP contribution in [0.5, 0.6) is 5.75 Å². The zero-order chi connectivity index (χ0) is 23.2. The Morgan fingerprint density at radius 3 is 2.48 bits per heavy atom. The zero-order valence-electron chi connectivity index (χ0n) is 19.6. The molecule has 0 spiro atoms. The minimum absolute atomic E-state index is 0.186. The lowest BCUT2D eigenvalue weighted by atomic mass is 10.1. The Morgan fingerprint density at radius 1 is 1.26 bits per heavy atom. The molecular formula is C22H37N3O5S. The summed E-state index contributed by atoms with van der Waals surface area (Å²) in [5.74, 6) is 0.454. The van der Waals surface area contributed by atoms with Crippen LogP contribution in [0.4, 0.5) is 0 Å². The first-order valence-corrected chi connectivity index (χ1v) is 12.2. The standard InChI is InChI=1S/C22H37N3O5S/c1-16-13-20(29-6)14-17(2)21(16)31(27,28)25-11-8-7-9-19(25)15-30-18(3)22(26)23-10-12-24(4)5/h13-14,18-19H,7-12,15H2,1-6H3,(H,23,26). The van der Waals surface area contributed by atoms with Crippen molar-refractivity contribution in [1.29, 1.82) is 0 Å². The molecule has 0 aromatic heterocycles. The van der Waals surface area contributed by atoms with E-state index in [1.165, 1.54) is 0 Å². The summed E-state index contributed by atoms with van der Waals surface area (Å²) in [5.41, 5.74) is 1.33. The Labute approximate surface area is 186 Å². The van der Waals surface area contributed by atoms with Crippen molar-refractivity contribution in [3.63, 3.8) is 0 Å². The van der Waals surface area contributed by atoms with E-state index in [9.17, 15) is 13.2 Å². The third kappa shape index (κ3) is 6.65. The number of nitrogens with one attached hydrogen (secondary N) is 1. The van der Waals surface area contributed by atoms with Gasteiger partial charge in [0.1, 0.15) is 11.9 Å². The van der Waals surface area contributed by atoms with Gasteiger partial charge in [-0.15, -0.1) is 0 Å². The van der Waals surface area contributed by atoms with E-state index < -0.39 is 16.1 Å². The molecule has 1 aromatic carbocycles. The van der Waals surface area contributed by atoms with Crippen LogP contribution in [-0.4, -0.2) is 83.1 Å². The van der Waals surface area contributed by atoms with Crippen molar-refractivity contribution < 1.29 is 22.7 Å². The lowest BCUT2D eigenvalue weighted by molar-refractivity contribution is -0.132. The molecule has 0 radical (unpaired) electrons. The fraction of sp³-hybridized carbons (Fsp3) is 0.682. The summed E-state index contributed by atoms with van der Waals surface area (Å²) >= 11 is 0. The van der Waals surface area contributed by atoms with Crippen LogP contribution in [0.3, 0.4) is 0 Å². The fourth-order valence-corrected chi connectivity index (χ4v) is 5.98. The van der Waals surface area contributed by atoms with E-state index in [2.05, 4.69) is 5.32 Å². The minimum atomic E-state index is -3.70. The molecule has 8 nitrogen and oxygen atoms in total. The summed E-state index contributed by atoms with van der Waals surface area (Å²) in [6.45, 7) is 7.20. The summed E-state index contributed by atoms with van der Waals surface area (Å²) in [6.07, 6.45) is 1.81. The van der Waals surface area contributed by atoms with Crippen LogP contribution in [0.2, 0.25) is 0 Å². The van der Waals surface area contributed by atoms with Crippen molar-refractivity contribution in [3.05, 3.63) is 23.3 Å². The smallest absolute Gasteiger partial charge is 0.248 e. The van der Waals surface area contributed by atoms with Gasteiger partial charge in [0.25, 0.3) is 0 Å². The molecule has 1 aliphatic rings. The van der Waals surface area contributed by atoms with Gasteiger partial charge in [0.2, 0.25) is 15.9 Å². The van der Waals surface area contributed by atoms with Crippen LogP contribution in [0, 0.1) is 13.8 Å². The Kier molecular flexibility index (Phi) is 9.29. The first kappa shape index (κ1) is 25.6. The maximum Gasteiger partial charge on any atom is 0.248 e. The van der Waals surface area contributed by atoms with E-state index in [0.717, 1.165) is 19.4 Å². The number of amides is 1. The molecule has 1 aliphatic heterocycles. The van der Waals surface area contributed by atoms with E-state index in [0.29, 0.717) is 41.3 Å². The van der Waals surface area contributed by atoms with Crippen LogP contribution < -0.4 is 10.1 Å². The number of sulfonamides is 1. The number of hydrogen-bond acceptors (Lipinski definition) is 6. The molecule has 1 heterocycles. The van der Waals surface area contributed by atoms with Crippen molar-refractivity contribution in [2.75, 3.05) is 47.4 Å². The summed E-state index contributed by atoms with van der Waals surface area (Å²) in [5, 5.41) is 2.85. The van der Waals surface area contributed by atoms with Crippen LogP contribution in [0.1, 0.15) is 37.3 Å². The molecule has 2 atom stereocenters. The monoisotopic (exact) mass is 455 g/mol. The number of piperidine rings is 1. The number of carbonyl (C=O) groups is 1. The maximum absolute atomic E-state index is 13.6. The second-order valence-corrected chi connectivity index (χ2v) is 10.3. The number of likely N-dealkylation sites (N-methyl/N-ethyl adjacent to an activating group) is 1. The summed E-state index contributed by atoms with van der Waals surface area (Å²) in [7, 11) is 1.75. The van der Waals surface area contributed by atoms with E-state index >= 15 is 0 Å². The predicted molar refractivity (Wildman–Crippen MR) is 121 cm³/mol. The number of methoxy groups -OCH3 is 1. The highest BCUT2D eigenvalue weighted by Crippen LogP contribution is 2.32. The molecule has 1 fully saturated rings. The first-order chi connectivity index (χ1) is 14.6. The topological polar surface area (TPSA) is 88.2 Å². The summed E-state index contributed by atoms with van der Waals surface area (Å²) < 4.78 is 39.8. The summed E-state index contributed by atoms with van der Waals surface area (Å²) in [4.78, 5) is 14.6. The van der Waals surface area contributed by atoms with E-state index in [1.54, 1.807) is 44.3 Å². The van der Waals surface area contributed by atoms with Crippen molar-refractivity contribution >= 4 is 15.9 Å². The molecule has 0 aliphatic carbocycles. The zero-order valence-corrected chi connectivity index (χ0v) is 20.4. The van der Waals surface area contributed by atoms with Gasteiger partial charge in [0.15, 0.2) is 0 Å². The highest BCUT2D eigenvalue weighted by Gasteiger charge is 2.36. The van der Waals surface area contributed by atoms with E-state index in [1.807, 2.05) is 19.0 Å². The molecule has 1 aromatic rings. The van der Waals surface area contributed by atoms with E-state index in [4.69, 9.17) is 9.47 Å². The molecule has 9 heteroatoms. The molecule has 31 heavy (non-hydrogen) atoms. The second kappa shape index (κ2) is 11.3. The number of rotatable bonds is 10. The predicted octanol–water partition coefficient (Wildman–Crippen LogP) is 1.94. The minimum Gasteiger partial charge on any atom is -0.497 e. The first-order valence-electron chi connectivity index (χ1n) is 10.8.